The van der Waals surface area contributed by atoms with Gasteiger partial charge >= 0.3 is 0 Å². The number of carbonyl (C=O) groups excluding carboxylic acids is 1. The fraction of sp³-hybridized carbons (Fsp3) is 0.200. The van der Waals surface area contributed by atoms with Gasteiger partial charge < -0.3 is 15.0 Å². The van der Waals surface area contributed by atoms with Crippen molar-refractivity contribution in [3.05, 3.63) is 47.0 Å². The van der Waals surface area contributed by atoms with Gasteiger partial charge in [0.1, 0.15) is 5.69 Å². The van der Waals surface area contributed by atoms with Crippen molar-refractivity contribution in [2.24, 2.45) is 7.05 Å². The Kier molecular flexibility index (Phi) is 4.99. The second-order valence-corrected chi connectivity index (χ2v) is 4.72. The predicted molar refractivity (Wildman–Crippen MR) is 81.2 cm³/mol. The number of benzene rings is 1. The molecule has 1 aromatic heterocycles. The predicted octanol–water partition coefficient (Wildman–Crippen LogP) is 2.06. The average Bonchev–Trinajstić information content (AvgIpc) is 2.89. The highest BCUT2D eigenvalue weighted by Crippen LogP contribution is 2.23. The van der Waals surface area contributed by atoms with Crippen LogP contribution < -0.4 is 5.32 Å². The number of rotatable bonds is 3. The number of nitrogens with one attached hydrogen (secondary N) is 1. The zero-order chi connectivity index (χ0) is 15.2. The van der Waals surface area contributed by atoms with E-state index in [-0.39, 0.29) is 12.5 Å². The number of nitrogens with zero attached hydrogens (tertiary/aromatic N) is 2. The normalized spacial score (nSPS) is 9.86. The molecule has 0 saturated carbocycles. The van der Waals surface area contributed by atoms with Crippen LogP contribution >= 0.6 is 11.6 Å². The molecule has 1 amide bonds. The molecule has 21 heavy (non-hydrogen) atoms. The zero-order valence-electron chi connectivity index (χ0n) is 11.4. The number of aryl methyl sites for hydroxylation is 1. The van der Waals surface area contributed by atoms with Crippen LogP contribution in [0.2, 0.25) is 5.02 Å². The van der Waals surface area contributed by atoms with Crippen molar-refractivity contribution >= 4 is 23.2 Å². The first-order valence-corrected chi connectivity index (χ1v) is 6.66. The number of aliphatic hydroxyl groups excluding tert-OH is 1. The molecule has 0 atom stereocenters. The molecule has 0 bridgehead atoms. The summed E-state index contributed by atoms with van der Waals surface area (Å²) in [6.07, 6.45) is 3.43. The van der Waals surface area contributed by atoms with Crippen LogP contribution in [-0.2, 0) is 7.05 Å². The summed E-state index contributed by atoms with van der Waals surface area (Å²) in [6, 6.07) is 5.12. The molecular weight excluding hydrogens is 290 g/mol. The summed E-state index contributed by atoms with van der Waals surface area (Å²) in [4.78, 5) is 16.0. The quantitative estimate of drug-likeness (QED) is 0.853. The number of aromatic nitrogens is 2. The molecule has 108 valence electrons. The van der Waals surface area contributed by atoms with E-state index < -0.39 is 0 Å². The first-order valence-electron chi connectivity index (χ1n) is 6.29. The molecule has 0 aliphatic rings. The minimum Gasteiger partial charge on any atom is -0.395 e. The van der Waals surface area contributed by atoms with Gasteiger partial charge in [-0.2, -0.15) is 0 Å². The Labute approximate surface area is 127 Å². The Morgan fingerprint density at radius 1 is 1.52 bits per heavy atom. The number of hydrogen-bond acceptors (Lipinski definition) is 3. The van der Waals surface area contributed by atoms with Gasteiger partial charge in [0.25, 0.3) is 5.91 Å². The Balaban J connectivity index is 2.20. The number of halogens is 1. The van der Waals surface area contributed by atoms with Crippen LogP contribution in [-0.4, -0.2) is 27.2 Å². The molecule has 0 fully saturated rings. The van der Waals surface area contributed by atoms with E-state index in [0.29, 0.717) is 28.4 Å². The lowest BCUT2D eigenvalue weighted by Crippen LogP contribution is -2.15. The fourth-order valence-corrected chi connectivity index (χ4v) is 1.85. The molecule has 2 aromatic rings. The Hall–Kier alpha value is -2.29. The highest BCUT2D eigenvalue weighted by atomic mass is 35.5. The van der Waals surface area contributed by atoms with Crippen LogP contribution in [0, 0.1) is 11.8 Å². The van der Waals surface area contributed by atoms with Crippen LogP contribution in [0.4, 0.5) is 5.69 Å². The number of imidazole rings is 1. The summed E-state index contributed by atoms with van der Waals surface area (Å²) in [5, 5.41) is 11.9. The van der Waals surface area contributed by atoms with Crippen molar-refractivity contribution < 1.29 is 9.90 Å². The summed E-state index contributed by atoms with van der Waals surface area (Å²) in [5.41, 5.74) is 1.63. The first kappa shape index (κ1) is 15.1. The molecule has 2 N–H and O–H groups in total. The number of amides is 1. The van der Waals surface area contributed by atoms with Crippen molar-refractivity contribution in [1.82, 2.24) is 9.55 Å². The summed E-state index contributed by atoms with van der Waals surface area (Å²) in [6.45, 7) is 0.0185. The monoisotopic (exact) mass is 303 g/mol. The second kappa shape index (κ2) is 6.93. The van der Waals surface area contributed by atoms with E-state index in [1.165, 1.54) is 6.20 Å². The van der Waals surface area contributed by atoms with Crippen LogP contribution in [0.5, 0.6) is 0 Å². The van der Waals surface area contributed by atoms with Crippen molar-refractivity contribution in [2.75, 3.05) is 11.9 Å². The van der Waals surface area contributed by atoms with Crippen molar-refractivity contribution in [1.29, 1.82) is 0 Å². The van der Waals surface area contributed by atoms with Crippen LogP contribution in [0.15, 0.2) is 30.7 Å². The molecule has 0 unspecified atom stereocenters. The molecule has 0 saturated heterocycles. The number of anilines is 1. The SMILES string of the molecule is Cn1cncc1C(=O)Nc1cc(C#CCCO)ccc1Cl. The lowest BCUT2D eigenvalue weighted by Gasteiger charge is -2.08. The molecule has 0 radical (unpaired) electrons. The van der Waals surface area contributed by atoms with E-state index in [0.717, 1.165) is 0 Å². The van der Waals surface area contributed by atoms with Gasteiger partial charge in [-0.15, -0.1) is 0 Å². The van der Waals surface area contributed by atoms with Crippen molar-refractivity contribution in [3.63, 3.8) is 0 Å². The van der Waals surface area contributed by atoms with E-state index in [2.05, 4.69) is 22.1 Å². The highest BCUT2D eigenvalue weighted by molar-refractivity contribution is 6.34. The molecular formula is C15H14ClN3O2. The number of carbonyl (C=O) groups is 1. The lowest BCUT2D eigenvalue weighted by molar-refractivity contribution is 0.101. The van der Waals surface area contributed by atoms with Gasteiger partial charge in [-0.3, -0.25) is 4.79 Å². The van der Waals surface area contributed by atoms with Crippen molar-refractivity contribution in [2.45, 2.75) is 6.42 Å². The van der Waals surface area contributed by atoms with E-state index in [1.54, 1.807) is 36.1 Å². The maximum atomic E-state index is 12.1. The Morgan fingerprint density at radius 2 is 2.33 bits per heavy atom. The summed E-state index contributed by atoms with van der Waals surface area (Å²) in [5.74, 6) is 5.42. The average molecular weight is 304 g/mol. The van der Waals surface area contributed by atoms with Gasteiger partial charge in [0.15, 0.2) is 0 Å². The maximum Gasteiger partial charge on any atom is 0.273 e. The third-order valence-electron chi connectivity index (χ3n) is 2.73. The van der Waals surface area contributed by atoms with Gasteiger partial charge in [-0.25, -0.2) is 4.98 Å². The third-order valence-corrected chi connectivity index (χ3v) is 3.06. The van der Waals surface area contributed by atoms with Crippen LogP contribution in [0.1, 0.15) is 22.5 Å². The standard InChI is InChI=1S/C15H14ClN3O2/c1-19-10-17-9-14(19)15(21)18-13-8-11(4-2-3-7-20)5-6-12(13)16/h5-6,8-10,20H,3,7H2,1H3,(H,18,21). The minimum atomic E-state index is -0.294. The molecule has 1 aromatic carbocycles. The number of hydrogen-bond donors (Lipinski definition) is 2. The topological polar surface area (TPSA) is 67.2 Å². The largest absolute Gasteiger partial charge is 0.395 e. The highest BCUT2D eigenvalue weighted by Gasteiger charge is 2.12. The van der Waals surface area contributed by atoms with Gasteiger partial charge in [-0.05, 0) is 18.2 Å². The lowest BCUT2D eigenvalue weighted by atomic mass is 10.2. The third kappa shape index (κ3) is 3.85. The molecule has 6 heteroatoms. The van der Waals surface area contributed by atoms with E-state index in [1.807, 2.05) is 0 Å². The van der Waals surface area contributed by atoms with E-state index >= 15 is 0 Å². The number of aliphatic hydroxyl groups is 1. The van der Waals surface area contributed by atoms with Gasteiger partial charge in [0.2, 0.25) is 0 Å². The van der Waals surface area contributed by atoms with E-state index in [4.69, 9.17) is 16.7 Å². The zero-order valence-corrected chi connectivity index (χ0v) is 12.2. The van der Waals surface area contributed by atoms with Gasteiger partial charge in [0, 0.05) is 19.0 Å². The Morgan fingerprint density at radius 3 is 3.00 bits per heavy atom. The second-order valence-electron chi connectivity index (χ2n) is 4.31. The maximum absolute atomic E-state index is 12.1. The summed E-state index contributed by atoms with van der Waals surface area (Å²) >= 11 is 6.08. The smallest absolute Gasteiger partial charge is 0.273 e. The minimum absolute atomic E-state index is 0.0185. The first-order chi connectivity index (χ1) is 10.1. The van der Waals surface area contributed by atoms with Crippen molar-refractivity contribution in [3.8, 4) is 11.8 Å². The fourth-order valence-electron chi connectivity index (χ4n) is 1.68. The molecule has 1 heterocycles. The molecule has 5 nitrogen and oxygen atoms in total. The molecule has 0 spiro atoms. The van der Waals surface area contributed by atoms with E-state index in [9.17, 15) is 4.79 Å². The van der Waals surface area contributed by atoms with Crippen LogP contribution in [0.25, 0.3) is 0 Å². The summed E-state index contributed by atoms with van der Waals surface area (Å²) < 4.78 is 1.62. The molecule has 0 aliphatic heterocycles. The molecule has 2 rings (SSSR count). The van der Waals surface area contributed by atoms with Gasteiger partial charge in [0.05, 0.1) is 29.8 Å². The van der Waals surface area contributed by atoms with Crippen LogP contribution in [0.3, 0.4) is 0 Å². The summed E-state index contributed by atoms with van der Waals surface area (Å²) in [7, 11) is 1.74. The van der Waals surface area contributed by atoms with Gasteiger partial charge in [-0.1, -0.05) is 23.4 Å². The molecule has 0 aliphatic carbocycles. The Bertz CT molecular complexity index is 713.